The molecule has 0 fully saturated rings. The van der Waals surface area contributed by atoms with Crippen molar-refractivity contribution in [3.63, 3.8) is 0 Å². The van der Waals surface area contributed by atoms with E-state index in [9.17, 15) is 10.2 Å². The van der Waals surface area contributed by atoms with E-state index < -0.39 is 8.32 Å². The van der Waals surface area contributed by atoms with E-state index in [1.54, 1.807) is 0 Å². The molecule has 126 valence electrons. The van der Waals surface area contributed by atoms with E-state index in [0.717, 1.165) is 12.8 Å². The fraction of sp³-hybridized carbons (Fsp3) is 0.667. The highest BCUT2D eigenvalue weighted by atomic mass is 28.4. The van der Waals surface area contributed by atoms with Crippen molar-refractivity contribution in [2.75, 3.05) is 13.2 Å². The van der Waals surface area contributed by atoms with Gasteiger partial charge in [0.15, 0.2) is 8.32 Å². The molecule has 1 aromatic rings. The van der Waals surface area contributed by atoms with E-state index in [4.69, 9.17) is 4.43 Å². The maximum atomic E-state index is 9.19. The van der Waals surface area contributed by atoms with E-state index in [0.29, 0.717) is 6.61 Å². The number of aryl methyl sites for hydroxylation is 1. The first-order valence-corrected chi connectivity index (χ1v) is 11.0. The molecule has 0 bridgehead atoms. The van der Waals surface area contributed by atoms with Gasteiger partial charge < -0.3 is 14.6 Å². The van der Waals surface area contributed by atoms with Crippen LogP contribution in [0.3, 0.4) is 0 Å². The first-order chi connectivity index (χ1) is 10.2. The number of benzene rings is 1. The van der Waals surface area contributed by atoms with Crippen molar-refractivity contribution in [2.24, 2.45) is 5.92 Å². The topological polar surface area (TPSA) is 49.7 Å². The van der Waals surface area contributed by atoms with Gasteiger partial charge in [0.25, 0.3) is 0 Å². The van der Waals surface area contributed by atoms with Gasteiger partial charge in [0.2, 0.25) is 0 Å². The Balaban J connectivity index is 2.72. The van der Waals surface area contributed by atoms with Crippen LogP contribution < -0.4 is 0 Å². The van der Waals surface area contributed by atoms with E-state index in [1.807, 2.05) is 12.1 Å². The number of aliphatic hydroxyl groups is 2. The molecule has 0 saturated heterocycles. The van der Waals surface area contributed by atoms with Gasteiger partial charge in [-0.25, -0.2) is 0 Å². The average molecular weight is 325 g/mol. The molecule has 1 rings (SSSR count). The molecule has 0 aliphatic carbocycles. The second kappa shape index (κ2) is 8.25. The molecule has 0 unspecified atom stereocenters. The second-order valence-corrected chi connectivity index (χ2v) is 12.4. The zero-order valence-electron chi connectivity index (χ0n) is 14.7. The lowest BCUT2D eigenvalue weighted by atomic mass is 9.98. The van der Waals surface area contributed by atoms with Crippen molar-refractivity contribution in [3.05, 3.63) is 35.4 Å². The van der Waals surface area contributed by atoms with Gasteiger partial charge in [0.05, 0.1) is 6.61 Å². The van der Waals surface area contributed by atoms with Gasteiger partial charge in [0, 0.05) is 19.1 Å². The highest BCUT2D eigenvalue weighted by molar-refractivity contribution is 6.74. The Morgan fingerprint density at radius 1 is 1.05 bits per heavy atom. The molecule has 0 saturated carbocycles. The predicted molar refractivity (Wildman–Crippen MR) is 94.4 cm³/mol. The van der Waals surface area contributed by atoms with Crippen LogP contribution in [0.25, 0.3) is 0 Å². The van der Waals surface area contributed by atoms with Crippen LogP contribution in [-0.2, 0) is 17.5 Å². The molecule has 3 nitrogen and oxygen atoms in total. The minimum atomic E-state index is -1.75. The Morgan fingerprint density at radius 3 is 2.09 bits per heavy atom. The van der Waals surface area contributed by atoms with E-state index in [-0.39, 0.29) is 24.2 Å². The lowest BCUT2D eigenvalue weighted by Crippen LogP contribution is -2.40. The van der Waals surface area contributed by atoms with Gasteiger partial charge in [-0.1, -0.05) is 45.0 Å². The maximum absolute atomic E-state index is 9.19. The summed E-state index contributed by atoms with van der Waals surface area (Å²) in [5.41, 5.74) is 2.48. The molecule has 0 aliphatic rings. The second-order valence-electron chi connectivity index (χ2n) is 7.59. The highest BCUT2D eigenvalue weighted by Gasteiger charge is 2.37. The predicted octanol–water partition coefficient (Wildman–Crippen LogP) is 3.74. The molecule has 1 aromatic carbocycles. The molecule has 2 N–H and O–H groups in total. The smallest absolute Gasteiger partial charge is 0.192 e. The van der Waals surface area contributed by atoms with E-state index in [1.165, 1.54) is 11.1 Å². The molecule has 0 radical (unpaired) electrons. The molecule has 0 spiro atoms. The molecule has 0 aliphatic heterocycles. The number of aliphatic hydroxyl groups excluding tert-OH is 2. The van der Waals surface area contributed by atoms with E-state index in [2.05, 4.69) is 46.0 Å². The standard InChI is InChI=1S/C18H32O3Si/c1-18(2,3)22(4,5)21-14-17-9-7-6-8-16(17)11-10-15(12-19)13-20/h6-9,15,19-20H,10-14H2,1-5H3. The van der Waals surface area contributed by atoms with Gasteiger partial charge in [-0.3, -0.25) is 0 Å². The zero-order chi connectivity index (χ0) is 16.8. The number of rotatable bonds is 8. The summed E-state index contributed by atoms with van der Waals surface area (Å²) in [5, 5.41) is 18.6. The summed E-state index contributed by atoms with van der Waals surface area (Å²) in [4.78, 5) is 0. The normalized spacial score (nSPS) is 12.9. The largest absolute Gasteiger partial charge is 0.413 e. The molecule has 0 heterocycles. The van der Waals surface area contributed by atoms with Crippen LogP contribution in [0.2, 0.25) is 18.1 Å². The van der Waals surface area contributed by atoms with Crippen LogP contribution in [0.1, 0.15) is 38.3 Å². The Kier molecular flexibility index (Phi) is 7.26. The molecule has 0 aromatic heterocycles. The Morgan fingerprint density at radius 2 is 1.59 bits per heavy atom. The lowest BCUT2D eigenvalue weighted by Gasteiger charge is -2.36. The van der Waals surface area contributed by atoms with Crippen LogP contribution in [0.4, 0.5) is 0 Å². The summed E-state index contributed by atoms with van der Waals surface area (Å²) in [7, 11) is -1.75. The van der Waals surface area contributed by atoms with Gasteiger partial charge >= 0.3 is 0 Å². The maximum Gasteiger partial charge on any atom is 0.192 e. The van der Waals surface area contributed by atoms with Crippen molar-refractivity contribution in [3.8, 4) is 0 Å². The van der Waals surface area contributed by atoms with Gasteiger partial charge in [0.1, 0.15) is 0 Å². The first kappa shape index (κ1) is 19.4. The van der Waals surface area contributed by atoms with Gasteiger partial charge in [-0.15, -0.1) is 0 Å². The van der Waals surface area contributed by atoms with Gasteiger partial charge in [-0.2, -0.15) is 0 Å². The Bertz CT molecular complexity index is 448. The van der Waals surface area contributed by atoms with E-state index >= 15 is 0 Å². The van der Waals surface area contributed by atoms with Crippen LogP contribution >= 0.6 is 0 Å². The fourth-order valence-electron chi connectivity index (χ4n) is 2.02. The summed E-state index contributed by atoms with van der Waals surface area (Å²) in [6.07, 6.45) is 1.66. The van der Waals surface area contributed by atoms with Crippen molar-refractivity contribution < 1.29 is 14.6 Å². The summed E-state index contributed by atoms with van der Waals surface area (Å²) >= 11 is 0. The van der Waals surface area contributed by atoms with Crippen molar-refractivity contribution in [1.82, 2.24) is 0 Å². The number of hydrogen-bond acceptors (Lipinski definition) is 3. The minimum Gasteiger partial charge on any atom is -0.413 e. The third-order valence-corrected chi connectivity index (χ3v) is 9.33. The molecule has 4 heteroatoms. The van der Waals surface area contributed by atoms with Crippen molar-refractivity contribution in [2.45, 2.75) is 58.4 Å². The van der Waals surface area contributed by atoms with Crippen LogP contribution in [0, 0.1) is 5.92 Å². The quantitative estimate of drug-likeness (QED) is 0.716. The van der Waals surface area contributed by atoms with Crippen molar-refractivity contribution >= 4 is 8.32 Å². The highest BCUT2D eigenvalue weighted by Crippen LogP contribution is 2.37. The third kappa shape index (κ3) is 5.50. The summed E-state index contributed by atoms with van der Waals surface area (Å²) in [5.74, 6) is -0.0330. The lowest BCUT2D eigenvalue weighted by molar-refractivity contribution is 0.144. The Hall–Kier alpha value is -0.683. The molecule has 0 amide bonds. The van der Waals surface area contributed by atoms with Crippen LogP contribution in [0.5, 0.6) is 0 Å². The number of hydrogen-bond donors (Lipinski definition) is 2. The Labute approximate surface area is 136 Å². The van der Waals surface area contributed by atoms with Gasteiger partial charge in [-0.05, 0) is 42.1 Å². The molecular weight excluding hydrogens is 292 g/mol. The third-order valence-electron chi connectivity index (χ3n) is 4.85. The van der Waals surface area contributed by atoms with Crippen LogP contribution in [-0.4, -0.2) is 31.7 Å². The molecular formula is C18H32O3Si. The molecule has 22 heavy (non-hydrogen) atoms. The first-order valence-electron chi connectivity index (χ1n) is 8.13. The van der Waals surface area contributed by atoms with Crippen LogP contribution in [0.15, 0.2) is 24.3 Å². The zero-order valence-corrected chi connectivity index (χ0v) is 15.7. The fourth-order valence-corrected chi connectivity index (χ4v) is 2.97. The summed E-state index contributed by atoms with van der Waals surface area (Å²) < 4.78 is 6.32. The van der Waals surface area contributed by atoms with Crippen molar-refractivity contribution in [1.29, 1.82) is 0 Å². The average Bonchev–Trinajstić information content (AvgIpc) is 2.46. The summed E-state index contributed by atoms with van der Waals surface area (Å²) in [6.45, 7) is 12.0. The summed E-state index contributed by atoms with van der Waals surface area (Å²) in [6, 6.07) is 8.33. The SMILES string of the molecule is CC(C)(C)[Si](C)(C)OCc1ccccc1CCC(CO)CO. The monoisotopic (exact) mass is 324 g/mol. The molecule has 0 atom stereocenters. The minimum absolute atomic E-state index is 0.0330.